The smallest absolute Gasteiger partial charge is 0.269 e. The molecule has 22 heavy (non-hydrogen) atoms. The van der Waals surface area contributed by atoms with E-state index >= 15 is 0 Å². The molecule has 0 bridgehead atoms. The van der Waals surface area contributed by atoms with E-state index in [-0.39, 0.29) is 5.69 Å². The Morgan fingerprint density at radius 2 is 1.91 bits per heavy atom. The van der Waals surface area contributed by atoms with Crippen molar-refractivity contribution < 1.29 is 10.0 Å². The molecule has 0 saturated heterocycles. The van der Waals surface area contributed by atoms with Gasteiger partial charge in [-0.1, -0.05) is 49.4 Å². The summed E-state index contributed by atoms with van der Waals surface area (Å²) in [7, 11) is 0. The van der Waals surface area contributed by atoms with Crippen LogP contribution in [0.5, 0.6) is 0 Å². The third kappa shape index (κ3) is 4.38. The number of aliphatic hydroxyl groups excluding tert-OH is 1. The fourth-order valence-corrected chi connectivity index (χ4v) is 2.36. The van der Waals surface area contributed by atoms with Gasteiger partial charge in [0.15, 0.2) is 0 Å². The normalized spacial score (nSPS) is 12.3. The van der Waals surface area contributed by atoms with Gasteiger partial charge in [-0.15, -0.1) is 0 Å². The molecule has 1 N–H and O–H groups in total. The second kappa shape index (κ2) is 7.68. The van der Waals surface area contributed by atoms with Crippen molar-refractivity contribution in [3.63, 3.8) is 0 Å². The van der Waals surface area contributed by atoms with Crippen LogP contribution < -0.4 is 0 Å². The van der Waals surface area contributed by atoms with Gasteiger partial charge >= 0.3 is 0 Å². The number of likely N-dealkylation sites (N-methyl/N-ethyl adjacent to an activating group) is 1. The zero-order chi connectivity index (χ0) is 15.9. The van der Waals surface area contributed by atoms with Crippen molar-refractivity contribution in [2.24, 2.45) is 0 Å². The van der Waals surface area contributed by atoms with Gasteiger partial charge in [-0.25, -0.2) is 0 Å². The van der Waals surface area contributed by atoms with Gasteiger partial charge in [0.1, 0.15) is 0 Å². The van der Waals surface area contributed by atoms with Crippen LogP contribution in [-0.2, 0) is 6.54 Å². The summed E-state index contributed by atoms with van der Waals surface area (Å²) in [5.41, 5.74) is 1.84. The second-order valence-corrected chi connectivity index (χ2v) is 5.18. The predicted octanol–water partition coefficient (Wildman–Crippen LogP) is 3.15. The fourth-order valence-electron chi connectivity index (χ4n) is 2.36. The third-order valence-electron chi connectivity index (χ3n) is 3.59. The van der Waals surface area contributed by atoms with Gasteiger partial charge in [0.05, 0.1) is 11.0 Å². The molecule has 0 aromatic heterocycles. The van der Waals surface area contributed by atoms with Crippen LogP contribution >= 0.6 is 0 Å². The van der Waals surface area contributed by atoms with Gasteiger partial charge in [-0.2, -0.15) is 0 Å². The van der Waals surface area contributed by atoms with Crippen LogP contribution in [-0.4, -0.2) is 28.0 Å². The lowest BCUT2D eigenvalue weighted by atomic mass is 10.1. The molecule has 0 radical (unpaired) electrons. The molecular formula is C17H20N2O3. The molecule has 0 aliphatic rings. The molecule has 116 valence electrons. The number of nitrogens with zero attached hydrogens (tertiary/aromatic N) is 2. The molecule has 1 unspecified atom stereocenters. The van der Waals surface area contributed by atoms with E-state index in [0.717, 1.165) is 17.7 Å². The van der Waals surface area contributed by atoms with Crippen LogP contribution in [0.2, 0.25) is 0 Å². The van der Waals surface area contributed by atoms with Gasteiger partial charge in [-0.05, 0) is 17.7 Å². The maximum Gasteiger partial charge on any atom is 0.269 e. The first-order valence-electron chi connectivity index (χ1n) is 7.29. The number of non-ortho nitro benzene ring substituents is 1. The molecule has 0 aliphatic heterocycles. The largest absolute Gasteiger partial charge is 0.387 e. The lowest BCUT2D eigenvalue weighted by Gasteiger charge is -2.23. The van der Waals surface area contributed by atoms with Crippen LogP contribution in [0.4, 0.5) is 5.69 Å². The number of hydrogen-bond donors (Lipinski definition) is 1. The van der Waals surface area contributed by atoms with E-state index in [0.29, 0.717) is 13.1 Å². The van der Waals surface area contributed by atoms with Crippen molar-refractivity contribution >= 4 is 5.69 Å². The lowest BCUT2D eigenvalue weighted by Crippen LogP contribution is -2.28. The van der Waals surface area contributed by atoms with E-state index in [2.05, 4.69) is 4.90 Å². The second-order valence-electron chi connectivity index (χ2n) is 5.18. The number of rotatable bonds is 7. The Morgan fingerprint density at radius 3 is 2.55 bits per heavy atom. The van der Waals surface area contributed by atoms with Crippen molar-refractivity contribution in [2.75, 3.05) is 13.1 Å². The minimum atomic E-state index is -0.570. The van der Waals surface area contributed by atoms with E-state index < -0.39 is 11.0 Å². The van der Waals surface area contributed by atoms with E-state index in [1.807, 2.05) is 43.3 Å². The van der Waals surface area contributed by atoms with Crippen molar-refractivity contribution in [2.45, 2.75) is 19.6 Å². The van der Waals surface area contributed by atoms with E-state index in [4.69, 9.17) is 0 Å². The van der Waals surface area contributed by atoms with Crippen LogP contribution in [0.25, 0.3) is 0 Å². The molecule has 0 saturated carbocycles. The molecule has 0 spiro atoms. The maximum atomic E-state index is 10.8. The third-order valence-corrected chi connectivity index (χ3v) is 3.59. The summed E-state index contributed by atoms with van der Waals surface area (Å²) in [6.07, 6.45) is -0.570. The Labute approximate surface area is 130 Å². The highest BCUT2D eigenvalue weighted by Crippen LogP contribution is 2.18. The average molecular weight is 300 g/mol. The molecule has 2 aromatic carbocycles. The summed E-state index contributed by atoms with van der Waals surface area (Å²) in [6.45, 7) is 3.83. The minimum Gasteiger partial charge on any atom is -0.387 e. The monoisotopic (exact) mass is 300 g/mol. The van der Waals surface area contributed by atoms with Crippen molar-refractivity contribution in [1.82, 2.24) is 4.90 Å². The molecular weight excluding hydrogens is 280 g/mol. The van der Waals surface area contributed by atoms with Crippen LogP contribution in [0, 0.1) is 10.1 Å². The quantitative estimate of drug-likeness (QED) is 0.630. The summed E-state index contributed by atoms with van der Waals surface area (Å²) in [6, 6.07) is 16.1. The molecule has 0 aliphatic carbocycles. The Balaban J connectivity index is 2.03. The van der Waals surface area contributed by atoms with Gasteiger partial charge in [0.25, 0.3) is 5.69 Å². The highest BCUT2D eigenvalue weighted by molar-refractivity contribution is 5.34. The molecule has 0 heterocycles. The highest BCUT2D eigenvalue weighted by Gasteiger charge is 2.14. The predicted molar refractivity (Wildman–Crippen MR) is 85.4 cm³/mol. The van der Waals surface area contributed by atoms with E-state index in [9.17, 15) is 15.2 Å². The van der Waals surface area contributed by atoms with Crippen molar-refractivity contribution in [3.05, 3.63) is 75.8 Å². The van der Waals surface area contributed by atoms with Crippen LogP contribution in [0.3, 0.4) is 0 Å². The average Bonchev–Trinajstić information content (AvgIpc) is 2.55. The fraction of sp³-hybridized carbons (Fsp3) is 0.294. The summed E-state index contributed by atoms with van der Waals surface area (Å²) in [5.74, 6) is 0. The van der Waals surface area contributed by atoms with Crippen molar-refractivity contribution in [1.29, 1.82) is 0 Å². The first-order chi connectivity index (χ1) is 10.6. The number of nitro benzene ring substituents is 1. The molecule has 1 atom stereocenters. The standard InChI is InChI=1S/C17H20N2O3/c1-2-18(13-17(20)15-8-4-3-5-9-15)12-14-7-6-10-16(11-14)19(21)22/h3-11,17,20H,2,12-13H2,1H3. The zero-order valence-electron chi connectivity index (χ0n) is 12.6. The number of benzene rings is 2. The minimum absolute atomic E-state index is 0.0946. The SMILES string of the molecule is CCN(Cc1cccc([N+](=O)[O-])c1)CC(O)c1ccccc1. The molecule has 0 fully saturated rings. The van der Waals surface area contributed by atoms with E-state index in [1.165, 1.54) is 6.07 Å². The molecule has 2 aromatic rings. The number of aliphatic hydroxyl groups is 1. The maximum absolute atomic E-state index is 10.8. The van der Waals surface area contributed by atoms with E-state index in [1.54, 1.807) is 12.1 Å². The molecule has 2 rings (SSSR count). The topological polar surface area (TPSA) is 66.6 Å². The first kappa shape index (κ1) is 16.1. The number of nitro groups is 1. The molecule has 0 amide bonds. The van der Waals surface area contributed by atoms with Gasteiger partial charge < -0.3 is 5.11 Å². The zero-order valence-corrected chi connectivity index (χ0v) is 12.6. The summed E-state index contributed by atoms with van der Waals surface area (Å²) in [5, 5.41) is 21.1. The van der Waals surface area contributed by atoms with Gasteiger partial charge in [0, 0.05) is 25.2 Å². The lowest BCUT2D eigenvalue weighted by molar-refractivity contribution is -0.384. The molecule has 5 heteroatoms. The summed E-state index contributed by atoms with van der Waals surface area (Å²) >= 11 is 0. The summed E-state index contributed by atoms with van der Waals surface area (Å²) < 4.78 is 0. The van der Waals surface area contributed by atoms with Gasteiger partial charge in [0.2, 0.25) is 0 Å². The Hall–Kier alpha value is -2.24. The number of hydrogen-bond acceptors (Lipinski definition) is 4. The van der Waals surface area contributed by atoms with Gasteiger partial charge in [-0.3, -0.25) is 15.0 Å². The highest BCUT2D eigenvalue weighted by atomic mass is 16.6. The van der Waals surface area contributed by atoms with Crippen molar-refractivity contribution in [3.8, 4) is 0 Å². The van der Waals surface area contributed by atoms with Crippen LogP contribution in [0.15, 0.2) is 54.6 Å². The Bertz CT molecular complexity index is 616. The first-order valence-corrected chi connectivity index (χ1v) is 7.29. The molecule has 5 nitrogen and oxygen atoms in total. The summed E-state index contributed by atoms with van der Waals surface area (Å²) in [4.78, 5) is 12.5. The Kier molecular flexibility index (Phi) is 5.63. The Morgan fingerprint density at radius 1 is 1.18 bits per heavy atom. The van der Waals surface area contributed by atoms with Crippen LogP contribution in [0.1, 0.15) is 24.2 Å².